The van der Waals surface area contributed by atoms with Gasteiger partial charge in [-0.1, -0.05) is 133 Å². The fourth-order valence-electron chi connectivity index (χ4n) is 5.74. The maximum Gasteiger partial charge on any atom is 0.0541 e. The molecule has 0 unspecified atom stereocenters. The molecule has 6 aromatic carbocycles. The van der Waals surface area contributed by atoms with E-state index in [4.69, 9.17) is 0 Å². The Morgan fingerprint density at radius 3 is 1.24 bits per heavy atom. The highest BCUT2D eigenvalue weighted by Gasteiger charge is 2.16. The van der Waals surface area contributed by atoms with E-state index in [-0.39, 0.29) is 5.92 Å². The zero-order chi connectivity index (χ0) is 25.3. The second-order valence-corrected chi connectivity index (χ2v) is 9.79. The van der Waals surface area contributed by atoms with Gasteiger partial charge in [-0.2, -0.15) is 0 Å². The highest BCUT2D eigenvalue weighted by molar-refractivity contribution is 6.09. The zero-order valence-electron chi connectivity index (χ0n) is 21.0. The standard InChI is InChI=1S/C37H27N/c1-3-11-29(12-4-1)37(30-13-5-2-6-14-30)31-21-19-27(20-22-31)28-23-25-32(26-24-28)38-35-17-9-7-15-33(35)34-16-8-10-18-36(34)38/h1-26,37H. The van der Waals surface area contributed by atoms with Gasteiger partial charge in [0.2, 0.25) is 0 Å². The van der Waals surface area contributed by atoms with Gasteiger partial charge in [-0.3, -0.25) is 0 Å². The molecule has 0 saturated heterocycles. The number of para-hydroxylation sites is 2. The van der Waals surface area contributed by atoms with E-state index >= 15 is 0 Å². The summed E-state index contributed by atoms with van der Waals surface area (Å²) in [5.74, 6) is 0.212. The van der Waals surface area contributed by atoms with Crippen LogP contribution in [0.3, 0.4) is 0 Å². The molecule has 0 saturated carbocycles. The predicted octanol–water partition coefficient (Wildman–Crippen LogP) is 9.63. The number of fused-ring (bicyclic) bond motifs is 3. The lowest BCUT2D eigenvalue weighted by Gasteiger charge is -2.19. The third kappa shape index (κ3) is 3.90. The molecule has 0 aliphatic rings. The van der Waals surface area contributed by atoms with Crippen LogP contribution in [-0.2, 0) is 0 Å². The van der Waals surface area contributed by atoms with Crippen molar-refractivity contribution in [2.45, 2.75) is 5.92 Å². The van der Waals surface area contributed by atoms with E-state index in [9.17, 15) is 0 Å². The van der Waals surface area contributed by atoms with Gasteiger partial charge in [-0.25, -0.2) is 0 Å². The number of rotatable bonds is 5. The van der Waals surface area contributed by atoms with Crippen molar-refractivity contribution >= 4 is 21.8 Å². The summed E-state index contributed by atoms with van der Waals surface area (Å²) >= 11 is 0. The Bertz CT molecular complexity index is 1730. The van der Waals surface area contributed by atoms with Crippen LogP contribution in [0, 0.1) is 0 Å². The van der Waals surface area contributed by atoms with Gasteiger partial charge in [0.25, 0.3) is 0 Å². The first-order chi connectivity index (χ1) is 18.9. The van der Waals surface area contributed by atoms with E-state index in [1.807, 2.05) is 0 Å². The fraction of sp³-hybridized carbons (Fsp3) is 0.0270. The summed E-state index contributed by atoms with van der Waals surface area (Å²) < 4.78 is 2.36. The van der Waals surface area contributed by atoms with Crippen molar-refractivity contribution in [1.29, 1.82) is 0 Å². The van der Waals surface area contributed by atoms with Crippen LogP contribution >= 0.6 is 0 Å². The summed E-state index contributed by atoms with van der Waals surface area (Å²) in [6, 6.07) is 56.8. The van der Waals surface area contributed by atoms with Gasteiger partial charge in [0.15, 0.2) is 0 Å². The summed E-state index contributed by atoms with van der Waals surface area (Å²) in [5, 5.41) is 2.57. The van der Waals surface area contributed by atoms with E-state index in [1.165, 1.54) is 55.3 Å². The Morgan fingerprint density at radius 2 is 0.737 bits per heavy atom. The van der Waals surface area contributed by atoms with Crippen LogP contribution in [0.25, 0.3) is 38.6 Å². The molecule has 7 rings (SSSR count). The van der Waals surface area contributed by atoms with Crippen LogP contribution in [0.15, 0.2) is 158 Å². The van der Waals surface area contributed by atoms with E-state index in [0.717, 1.165) is 0 Å². The molecule has 180 valence electrons. The monoisotopic (exact) mass is 485 g/mol. The molecule has 1 heteroatoms. The Hall–Kier alpha value is -4.88. The largest absolute Gasteiger partial charge is 0.309 e. The van der Waals surface area contributed by atoms with Crippen LogP contribution in [0.2, 0.25) is 0 Å². The van der Waals surface area contributed by atoms with Crippen LogP contribution in [0.4, 0.5) is 0 Å². The maximum absolute atomic E-state index is 2.36. The Balaban J connectivity index is 1.24. The maximum atomic E-state index is 2.36. The van der Waals surface area contributed by atoms with Crippen LogP contribution in [-0.4, -0.2) is 4.57 Å². The third-order valence-electron chi connectivity index (χ3n) is 7.55. The molecule has 1 nitrogen and oxygen atoms in total. The minimum absolute atomic E-state index is 0.212. The quantitative estimate of drug-likeness (QED) is 0.214. The average molecular weight is 486 g/mol. The molecular weight excluding hydrogens is 458 g/mol. The van der Waals surface area contributed by atoms with Crippen LogP contribution < -0.4 is 0 Å². The molecule has 0 radical (unpaired) electrons. The van der Waals surface area contributed by atoms with Gasteiger partial charge in [-0.15, -0.1) is 0 Å². The molecule has 1 heterocycles. The number of hydrogen-bond donors (Lipinski definition) is 0. The molecule has 0 bridgehead atoms. The number of hydrogen-bond acceptors (Lipinski definition) is 0. The molecule has 0 atom stereocenters. The minimum atomic E-state index is 0.212. The van der Waals surface area contributed by atoms with Crippen molar-refractivity contribution in [2.75, 3.05) is 0 Å². The Kier molecular flexibility index (Phi) is 5.60. The van der Waals surface area contributed by atoms with Crippen molar-refractivity contribution in [2.24, 2.45) is 0 Å². The first kappa shape index (κ1) is 22.3. The van der Waals surface area contributed by atoms with Crippen molar-refractivity contribution in [3.8, 4) is 16.8 Å². The van der Waals surface area contributed by atoms with E-state index in [0.29, 0.717) is 0 Å². The molecule has 0 aliphatic heterocycles. The number of nitrogens with zero attached hydrogens (tertiary/aromatic N) is 1. The van der Waals surface area contributed by atoms with Crippen molar-refractivity contribution in [3.63, 3.8) is 0 Å². The van der Waals surface area contributed by atoms with Crippen molar-refractivity contribution in [1.82, 2.24) is 4.57 Å². The summed E-state index contributed by atoms with van der Waals surface area (Å²) in [6.45, 7) is 0. The van der Waals surface area contributed by atoms with Gasteiger partial charge in [-0.05, 0) is 52.1 Å². The van der Waals surface area contributed by atoms with E-state index < -0.39 is 0 Å². The van der Waals surface area contributed by atoms with Crippen molar-refractivity contribution < 1.29 is 0 Å². The molecule has 0 N–H and O–H groups in total. The summed E-state index contributed by atoms with van der Waals surface area (Å²) in [7, 11) is 0. The summed E-state index contributed by atoms with van der Waals surface area (Å²) in [5.41, 5.74) is 10.0. The Morgan fingerprint density at radius 1 is 0.342 bits per heavy atom. The topological polar surface area (TPSA) is 4.93 Å². The molecule has 0 fully saturated rings. The van der Waals surface area contributed by atoms with Gasteiger partial charge in [0.1, 0.15) is 0 Å². The number of benzene rings is 6. The molecule has 0 spiro atoms. The fourth-order valence-corrected chi connectivity index (χ4v) is 5.74. The van der Waals surface area contributed by atoms with Gasteiger partial charge in [0.05, 0.1) is 11.0 Å². The second kappa shape index (κ2) is 9.53. The van der Waals surface area contributed by atoms with Crippen molar-refractivity contribution in [3.05, 3.63) is 174 Å². The number of aromatic nitrogens is 1. The lowest BCUT2D eigenvalue weighted by Crippen LogP contribution is -2.03. The zero-order valence-corrected chi connectivity index (χ0v) is 21.0. The molecule has 7 aromatic rings. The lowest BCUT2D eigenvalue weighted by molar-refractivity contribution is 0.978. The first-order valence-electron chi connectivity index (χ1n) is 13.2. The van der Waals surface area contributed by atoms with Gasteiger partial charge >= 0.3 is 0 Å². The highest BCUT2D eigenvalue weighted by atomic mass is 15.0. The predicted molar refractivity (Wildman–Crippen MR) is 160 cm³/mol. The smallest absolute Gasteiger partial charge is 0.0541 e. The molecule has 1 aromatic heterocycles. The lowest BCUT2D eigenvalue weighted by atomic mass is 9.84. The van der Waals surface area contributed by atoms with Crippen LogP contribution in [0.1, 0.15) is 22.6 Å². The SMILES string of the molecule is c1ccc(C(c2ccccc2)c2ccc(-c3ccc(-n4c5ccccc5c5ccccc54)cc3)cc2)cc1. The van der Waals surface area contributed by atoms with Crippen LogP contribution in [0.5, 0.6) is 0 Å². The Labute approximate surface area is 223 Å². The first-order valence-corrected chi connectivity index (χ1v) is 13.2. The van der Waals surface area contributed by atoms with E-state index in [1.54, 1.807) is 0 Å². The molecular formula is C37H27N. The molecule has 0 amide bonds. The highest BCUT2D eigenvalue weighted by Crippen LogP contribution is 2.35. The normalized spacial score (nSPS) is 11.4. The average Bonchev–Trinajstić information content (AvgIpc) is 3.33. The molecule has 38 heavy (non-hydrogen) atoms. The van der Waals surface area contributed by atoms with E-state index in [2.05, 4.69) is 162 Å². The second-order valence-electron chi connectivity index (χ2n) is 9.79. The molecule has 0 aliphatic carbocycles. The summed E-state index contributed by atoms with van der Waals surface area (Å²) in [4.78, 5) is 0. The summed E-state index contributed by atoms with van der Waals surface area (Å²) in [6.07, 6.45) is 0. The van der Waals surface area contributed by atoms with Gasteiger partial charge < -0.3 is 4.57 Å². The van der Waals surface area contributed by atoms with Gasteiger partial charge in [0, 0.05) is 22.4 Å². The minimum Gasteiger partial charge on any atom is -0.309 e. The third-order valence-corrected chi connectivity index (χ3v) is 7.55.